The lowest BCUT2D eigenvalue weighted by molar-refractivity contribution is 0.000777. The summed E-state index contributed by atoms with van der Waals surface area (Å²) in [6.45, 7) is 2.86. The van der Waals surface area contributed by atoms with Crippen LogP contribution in [0.15, 0.2) is 84.9 Å². The number of benzene rings is 3. The highest BCUT2D eigenvalue weighted by atomic mass is 16.5. The molecule has 3 aromatic carbocycles. The van der Waals surface area contributed by atoms with Gasteiger partial charge >= 0.3 is 0 Å². The minimum absolute atomic E-state index is 0.292. The average Bonchev–Trinajstić information content (AvgIpc) is 2.87. The highest BCUT2D eigenvalue weighted by Crippen LogP contribution is 2.44. The third-order valence-electron chi connectivity index (χ3n) is 6.82. The fraction of sp³-hybridized carbons (Fsp3) is 0.323. The Morgan fingerprint density at radius 3 is 2.26 bits per heavy atom. The lowest BCUT2D eigenvalue weighted by Gasteiger charge is -2.38. The lowest BCUT2D eigenvalue weighted by atomic mass is 9.72. The normalized spacial score (nSPS) is 14.1. The van der Waals surface area contributed by atoms with Gasteiger partial charge in [0.05, 0.1) is 18.2 Å². The van der Waals surface area contributed by atoms with Gasteiger partial charge in [-0.15, -0.1) is 0 Å². The molecule has 1 N–H and O–H groups in total. The topological polar surface area (TPSA) is 45.6 Å². The second kappa shape index (κ2) is 11.0. The Morgan fingerprint density at radius 1 is 0.914 bits per heavy atom. The summed E-state index contributed by atoms with van der Waals surface area (Å²) < 4.78 is 5.84. The molecule has 0 bridgehead atoms. The smallest absolute Gasteiger partial charge is 0.217 e. The molecule has 0 saturated heterocycles. The second-order valence-electron chi connectivity index (χ2n) is 9.77. The van der Waals surface area contributed by atoms with Crippen molar-refractivity contribution in [2.45, 2.75) is 37.7 Å². The van der Waals surface area contributed by atoms with Gasteiger partial charge < -0.3 is 14.7 Å². The van der Waals surface area contributed by atoms with E-state index in [1.165, 1.54) is 11.1 Å². The predicted octanol–water partition coefficient (Wildman–Crippen LogP) is 6.00. The molecule has 0 fully saturated rings. The third-order valence-corrected chi connectivity index (χ3v) is 6.82. The van der Waals surface area contributed by atoms with Gasteiger partial charge in [0.2, 0.25) is 5.88 Å². The summed E-state index contributed by atoms with van der Waals surface area (Å²) >= 11 is 0. The predicted molar refractivity (Wildman–Crippen MR) is 144 cm³/mol. The molecule has 4 nitrogen and oxygen atoms in total. The first kappa shape index (κ1) is 24.9. The number of hydrogen-bond donors (Lipinski definition) is 1. The van der Waals surface area contributed by atoms with Crippen molar-refractivity contribution in [3.05, 3.63) is 107 Å². The van der Waals surface area contributed by atoms with Gasteiger partial charge in [0.25, 0.3) is 0 Å². The first-order valence-electron chi connectivity index (χ1n) is 12.3. The van der Waals surface area contributed by atoms with Crippen molar-refractivity contribution in [1.82, 2.24) is 9.88 Å². The number of rotatable bonds is 10. The first-order valence-corrected chi connectivity index (χ1v) is 12.3. The number of nitrogens with zero attached hydrogens (tertiary/aromatic N) is 2. The van der Waals surface area contributed by atoms with Crippen LogP contribution in [0.2, 0.25) is 0 Å². The molecule has 4 rings (SSSR count). The number of fused-ring (bicyclic) bond motifs is 1. The summed E-state index contributed by atoms with van der Waals surface area (Å²) in [5, 5.41) is 13.6. The van der Waals surface area contributed by atoms with Crippen molar-refractivity contribution < 1.29 is 9.84 Å². The van der Waals surface area contributed by atoms with Crippen molar-refractivity contribution in [2.75, 3.05) is 27.7 Å². The number of hydrogen-bond acceptors (Lipinski definition) is 4. The number of aryl methyl sites for hydroxylation is 2. The molecule has 0 spiro atoms. The SMILES string of the molecule is COc1nc2ccc(C)cc2cc1C(c1ccccc1)C(O)(CCc1ccccc1)CCN(C)C. The molecule has 2 atom stereocenters. The number of pyridine rings is 1. The Morgan fingerprint density at radius 2 is 1.60 bits per heavy atom. The van der Waals surface area contributed by atoms with Crippen LogP contribution in [0.3, 0.4) is 0 Å². The van der Waals surface area contributed by atoms with E-state index in [2.05, 4.69) is 80.5 Å². The van der Waals surface area contributed by atoms with Gasteiger partial charge in [-0.1, -0.05) is 72.3 Å². The molecular weight excluding hydrogens is 432 g/mol. The van der Waals surface area contributed by atoms with Crippen LogP contribution in [-0.4, -0.2) is 48.3 Å². The van der Waals surface area contributed by atoms with E-state index < -0.39 is 5.60 Å². The van der Waals surface area contributed by atoms with Crippen molar-refractivity contribution in [1.29, 1.82) is 0 Å². The molecular formula is C31H36N2O2. The van der Waals surface area contributed by atoms with Crippen molar-refractivity contribution in [3.63, 3.8) is 0 Å². The molecule has 4 aromatic rings. The van der Waals surface area contributed by atoms with Crippen LogP contribution in [0.5, 0.6) is 5.88 Å². The van der Waals surface area contributed by atoms with E-state index in [0.717, 1.165) is 35.0 Å². The monoisotopic (exact) mass is 468 g/mol. The van der Waals surface area contributed by atoms with Crippen LogP contribution in [0.1, 0.15) is 41.0 Å². The van der Waals surface area contributed by atoms with Crippen molar-refractivity contribution >= 4 is 10.9 Å². The zero-order chi connectivity index (χ0) is 24.8. The fourth-order valence-electron chi connectivity index (χ4n) is 4.93. The molecule has 0 radical (unpaired) electrons. The van der Waals surface area contributed by atoms with Crippen LogP contribution in [0.25, 0.3) is 10.9 Å². The maximum atomic E-state index is 12.5. The summed E-state index contributed by atoms with van der Waals surface area (Å²) in [5.74, 6) is 0.276. The summed E-state index contributed by atoms with van der Waals surface area (Å²) in [4.78, 5) is 7.00. The Kier molecular flexibility index (Phi) is 7.84. The van der Waals surface area contributed by atoms with Gasteiger partial charge in [-0.2, -0.15) is 0 Å². The van der Waals surface area contributed by atoms with E-state index in [4.69, 9.17) is 9.72 Å². The zero-order valence-corrected chi connectivity index (χ0v) is 21.2. The van der Waals surface area contributed by atoms with Crippen LogP contribution in [-0.2, 0) is 6.42 Å². The summed E-state index contributed by atoms with van der Waals surface area (Å²) in [7, 11) is 5.77. The largest absolute Gasteiger partial charge is 0.481 e. The Bertz CT molecular complexity index is 1240. The van der Waals surface area contributed by atoms with E-state index in [9.17, 15) is 5.11 Å². The molecule has 0 aliphatic heterocycles. The fourth-order valence-corrected chi connectivity index (χ4v) is 4.93. The number of methoxy groups -OCH3 is 1. The van der Waals surface area contributed by atoms with E-state index >= 15 is 0 Å². The molecule has 35 heavy (non-hydrogen) atoms. The first-order chi connectivity index (χ1) is 16.9. The summed E-state index contributed by atoms with van der Waals surface area (Å²) in [6.07, 6.45) is 2.04. The summed E-state index contributed by atoms with van der Waals surface area (Å²) in [5.41, 5.74) is 4.28. The van der Waals surface area contributed by atoms with E-state index in [1.807, 2.05) is 30.3 Å². The summed E-state index contributed by atoms with van der Waals surface area (Å²) in [6, 6.07) is 29.1. The Labute approximate surface area is 209 Å². The molecule has 0 amide bonds. The van der Waals surface area contributed by atoms with E-state index in [-0.39, 0.29) is 5.92 Å². The van der Waals surface area contributed by atoms with E-state index in [1.54, 1.807) is 7.11 Å². The molecule has 182 valence electrons. The maximum absolute atomic E-state index is 12.5. The van der Waals surface area contributed by atoms with Gasteiger partial charge in [-0.3, -0.25) is 0 Å². The number of ether oxygens (including phenoxy) is 1. The van der Waals surface area contributed by atoms with Crippen molar-refractivity contribution in [2.24, 2.45) is 0 Å². The van der Waals surface area contributed by atoms with Crippen LogP contribution in [0.4, 0.5) is 0 Å². The molecule has 2 unspecified atom stereocenters. The Balaban J connectivity index is 1.87. The second-order valence-corrected chi connectivity index (χ2v) is 9.77. The van der Waals surface area contributed by atoms with Gasteiger partial charge in [0, 0.05) is 23.4 Å². The molecule has 0 aliphatic rings. The number of aliphatic hydroxyl groups is 1. The minimum atomic E-state index is -1.01. The minimum Gasteiger partial charge on any atom is -0.481 e. The number of aromatic nitrogens is 1. The van der Waals surface area contributed by atoms with Gasteiger partial charge in [0.1, 0.15) is 0 Å². The maximum Gasteiger partial charge on any atom is 0.217 e. The Hall–Kier alpha value is -3.21. The molecule has 4 heteroatoms. The lowest BCUT2D eigenvalue weighted by Crippen LogP contribution is -2.40. The molecule has 1 heterocycles. The molecule has 1 aromatic heterocycles. The highest BCUT2D eigenvalue weighted by Gasteiger charge is 2.40. The molecule has 0 saturated carbocycles. The standard InChI is InChI=1S/C31H36N2O2/c1-23-15-16-28-26(21-23)22-27(30(32-28)35-4)29(25-13-9-6-10-14-25)31(34,19-20-33(2)3)18-17-24-11-7-5-8-12-24/h5-16,21-22,29,34H,17-20H2,1-4H3. The van der Waals surface area contributed by atoms with Crippen LogP contribution >= 0.6 is 0 Å². The van der Waals surface area contributed by atoms with Crippen molar-refractivity contribution in [3.8, 4) is 5.88 Å². The van der Waals surface area contributed by atoms with Crippen LogP contribution < -0.4 is 4.74 Å². The molecule has 0 aliphatic carbocycles. The quantitative estimate of drug-likeness (QED) is 0.310. The zero-order valence-electron chi connectivity index (χ0n) is 21.2. The van der Waals surface area contributed by atoms with Gasteiger partial charge in [0.15, 0.2) is 0 Å². The van der Waals surface area contributed by atoms with Gasteiger partial charge in [-0.05, 0) is 69.6 Å². The van der Waals surface area contributed by atoms with Crippen LogP contribution in [0, 0.1) is 6.92 Å². The average molecular weight is 469 g/mol. The van der Waals surface area contributed by atoms with E-state index in [0.29, 0.717) is 18.7 Å². The highest BCUT2D eigenvalue weighted by molar-refractivity contribution is 5.81. The third kappa shape index (κ3) is 5.90. The van der Waals surface area contributed by atoms with Gasteiger partial charge in [-0.25, -0.2) is 4.98 Å².